The van der Waals surface area contributed by atoms with Gasteiger partial charge in [0.25, 0.3) is 0 Å². The predicted octanol–water partition coefficient (Wildman–Crippen LogP) is 4.71. The number of piperidine rings is 1. The number of aromatic nitrogens is 1. The SMILES string of the molecule is N#Cc1cnc2ccccc2c1N1CCC(C(O)c2ccc(Cl)cc2)CC1. The molecule has 27 heavy (non-hydrogen) atoms. The molecule has 1 unspecified atom stereocenters. The van der Waals surface area contributed by atoms with E-state index in [9.17, 15) is 10.4 Å². The van der Waals surface area contributed by atoms with Crippen LogP contribution < -0.4 is 4.90 Å². The van der Waals surface area contributed by atoms with Gasteiger partial charge >= 0.3 is 0 Å². The summed E-state index contributed by atoms with van der Waals surface area (Å²) in [6.07, 6.45) is 2.90. The summed E-state index contributed by atoms with van der Waals surface area (Å²) in [5.41, 5.74) is 3.37. The van der Waals surface area contributed by atoms with Crippen molar-refractivity contribution in [2.45, 2.75) is 18.9 Å². The van der Waals surface area contributed by atoms with Crippen LogP contribution in [0.3, 0.4) is 0 Å². The van der Waals surface area contributed by atoms with Crippen molar-refractivity contribution in [2.24, 2.45) is 5.92 Å². The van der Waals surface area contributed by atoms with Crippen molar-refractivity contribution in [3.05, 3.63) is 70.9 Å². The Morgan fingerprint density at radius 3 is 2.52 bits per heavy atom. The Bertz CT molecular complexity index is 989. The van der Waals surface area contributed by atoms with Crippen molar-refractivity contribution in [1.82, 2.24) is 4.98 Å². The van der Waals surface area contributed by atoms with Crippen LogP contribution in [0.25, 0.3) is 10.9 Å². The Kier molecular flexibility index (Phi) is 4.98. The molecule has 4 nitrogen and oxygen atoms in total. The second kappa shape index (κ2) is 7.56. The molecule has 1 atom stereocenters. The first-order valence-corrected chi connectivity index (χ1v) is 9.51. The third-order valence-corrected chi connectivity index (χ3v) is 5.63. The molecule has 1 saturated heterocycles. The summed E-state index contributed by atoms with van der Waals surface area (Å²) in [7, 11) is 0. The molecule has 2 heterocycles. The number of aliphatic hydroxyl groups excluding tert-OH is 1. The summed E-state index contributed by atoms with van der Waals surface area (Å²) in [4.78, 5) is 6.66. The van der Waals surface area contributed by atoms with E-state index in [-0.39, 0.29) is 5.92 Å². The average molecular weight is 378 g/mol. The fourth-order valence-electron chi connectivity index (χ4n) is 3.92. The Hall–Kier alpha value is -2.61. The van der Waals surface area contributed by atoms with E-state index in [0.29, 0.717) is 10.6 Å². The zero-order chi connectivity index (χ0) is 18.8. The molecule has 1 fully saturated rings. The van der Waals surface area contributed by atoms with Crippen LogP contribution in [-0.2, 0) is 0 Å². The molecule has 0 aliphatic carbocycles. The van der Waals surface area contributed by atoms with Crippen molar-refractivity contribution in [2.75, 3.05) is 18.0 Å². The minimum atomic E-state index is -0.492. The van der Waals surface area contributed by atoms with Gasteiger partial charge in [-0.05, 0) is 42.5 Å². The lowest BCUT2D eigenvalue weighted by Crippen LogP contribution is -2.36. The first-order chi connectivity index (χ1) is 13.2. The number of benzene rings is 2. The van der Waals surface area contributed by atoms with Gasteiger partial charge in [-0.25, -0.2) is 0 Å². The summed E-state index contributed by atoms with van der Waals surface area (Å²) in [5.74, 6) is 0.195. The number of rotatable bonds is 3. The van der Waals surface area contributed by atoms with Gasteiger partial charge in [-0.3, -0.25) is 4.98 Å². The molecule has 1 aromatic heterocycles. The first kappa shape index (κ1) is 17.8. The second-order valence-electron chi connectivity index (χ2n) is 6.97. The molecule has 3 aromatic rings. The molecule has 0 spiro atoms. The third kappa shape index (κ3) is 3.49. The topological polar surface area (TPSA) is 60.2 Å². The molecule has 1 aliphatic heterocycles. The molecule has 1 aliphatic rings. The van der Waals surface area contributed by atoms with Crippen molar-refractivity contribution in [3.63, 3.8) is 0 Å². The van der Waals surface area contributed by atoms with Crippen LogP contribution in [-0.4, -0.2) is 23.2 Å². The average Bonchev–Trinajstić information content (AvgIpc) is 2.73. The summed E-state index contributed by atoms with van der Waals surface area (Å²) < 4.78 is 0. The molecule has 0 radical (unpaired) electrons. The molecule has 5 heteroatoms. The summed E-state index contributed by atoms with van der Waals surface area (Å²) >= 11 is 5.95. The molecule has 0 bridgehead atoms. The van der Waals surface area contributed by atoms with E-state index < -0.39 is 6.10 Å². The standard InChI is InChI=1S/C22H20ClN3O/c23-18-7-5-15(6-8-18)22(27)16-9-11-26(12-10-16)21-17(13-24)14-25-20-4-2-1-3-19(20)21/h1-8,14,16,22,27H,9-12H2. The van der Waals surface area contributed by atoms with E-state index in [1.165, 1.54) is 0 Å². The fourth-order valence-corrected chi connectivity index (χ4v) is 4.05. The number of pyridine rings is 1. The lowest BCUT2D eigenvalue weighted by molar-refractivity contribution is 0.0930. The molecular formula is C22H20ClN3O. The lowest BCUT2D eigenvalue weighted by atomic mass is 9.87. The van der Waals surface area contributed by atoms with Gasteiger partial charge in [0.1, 0.15) is 6.07 Å². The van der Waals surface area contributed by atoms with Crippen molar-refractivity contribution in [3.8, 4) is 6.07 Å². The predicted molar refractivity (Wildman–Crippen MR) is 108 cm³/mol. The third-order valence-electron chi connectivity index (χ3n) is 5.38. The van der Waals surface area contributed by atoms with Crippen LogP contribution in [0, 0.1) is 17.2 Å². The Morgan fingerprint density at radius 1 is 1.11 bits per heavy atom. The highest BCUT2D eigenvalue weighted by atomic mass is 35.5. The van der Waals surface area contributed by atoms with Gasteiger partial charge in [-0.1, -0.05) is 41.9 Å². The minimum Gasteiger partial charge on any atom is -0.388 e. The van der Waals surface area contributed by atoms with Gasteiger partial charge in [0.2, 0.25) is 0 Å². The van der Waals surface area contributed by atoms with Crippen LogP contribution >= 0.6 is 11.6 Å². The number of hydrogen-bond donors (Lipinski definition) is 1. The van der Waals surface area contributed by atoms with Crippen molar-refractivity contribution < 1.29 is 5.11 Å². The number of hydrogen-bond acceptors (Lipinski definition) is 4. The Labute approximate surface area is 163 Å². The van der Waals surface area contributed by atoms with Crippen molar-refractivity contribution in [1.29, 1.82) is 5.26 Å². The van der Waals surface area contributed by atoms with E-state index in [1.54, 1.807) is 6.20 Å². The largest absolute Gasteiger partial charge is 0.388 e. The monoisotopic (exact) mass is 377 g/mol. The van der Waals surface area contributed by atoms with E-state index in [1.807, 2.05) is 48.5 Å². The molecule has 2 aromatic carbocycles. The molecular weight excluding hydrogens is 358 g/mol. The first-order valence-electron chi connectivity index (χ1n) is 9.13. The molecule has 1 N–H and O–H groups in total. The van der Waals surface area contributed by atoms with Gasteiger partial charge < -0.3 is 10.0 Å². The molecule has 0 amide bonds. The molecule has 0 saturated carbocycles. The normalized spacial score (nSPS) is 16.3. The van der Waals surface area contributed by atoms with E-state index in [2.05, 4.69) is 16.0 Å². The van der Waals surface area contributed by atoms with Crippen LogP contribution in [0.2, 0.25) is 5.02 Å². The second-order valence-corrected chi connectivity index (χ2v) is 7.41. The minimum absolute atomic E-state index is 0.195. The van der Waals surface area contributed by atoms with E-state index in [4.69, 9.17) is 11.6 Å². The van der Waals surface area contributed by atoms with Gasteiger partial charge in [0.15, 0.2) is 0 Å². The van der Waals surface area contributed by atoms with Gasteiger partial charge in [-0.2, -0.15) is 5.26 Å². The highest BCUT2D eigenvalue weighted by Crippen LogP contribution is 2.36. The van der Waals surface area contributed by atoms with Crippen molar-refractivity contribution >= 4 is 28.2 Å². The van der Waals surface area contributed by atoms with Crippen LogP contribution in [0.15, 0.2) is 54.7 Å². The van der Waals surface area contributed by atoms with Crippen LogP contribution in [0.5, 0.6) is 0 Å². The number of nitrogens with zero attached hydrogens (tertiary/aromatic N) is 3. The van der Waals surface area contributed by atoms with E-state index in [0.717, 1.165) is 48.1 Å². The van der Waals surface area contributed by atoms with Gasteiger partial charge in [0, 0.05) is 29.7 Å². The zero-order valence-electron chi connectivity index (χ0n) is 14.8. The summed E-state index contributed by atoms with van der Waals surface area (Å²) in [6, 6.07) is 17.6. The number of anilines is 1. The maximum absolute atomic E-state index is 10.7. The number of para-hydroxylation sites is 1. The summed E-state index contributed by atoms with van der Waals surface area (Å²) in [5, 5.41) is 22.0. The number of nitriles is 1. The quantitative estimate of drug-likeness (QED) is 0.718. The maximum Gasteiger partial charge on any atom is 0.103 e. The number of aliphatic hydroxyl groups is 1. The van der Waals surface area contributed by atoms with Crippen LogP contribution in [0.4, 0.5) is 5.69 Å². The summed E-state index contributed by atoms with van der Waals surface area (Å²) in [6.45, 7) is 1.61. The van der Waals surface area contributed by atoms with E-state index >= 15 is 0 Å². The lowest BCUT2D eigenvalue weighted by Gasteiger charge is -2.36. The van der Waals surface area contributed by atoms with Gasteiger partial charge in [0.05, 0.1) is 22.9 Å². The fraction of sp³-hybridized carbons (Fsp3) is 0.273. The van der Waals surface area contributed by atoms with Crippen LogP contribution in [0.1, 0.15) is 30.1 Å². The molecule has 136 valence electrons. The highest BCUT2D eigenvalue weighted by Gasteiger charge is 2.28. The number of fused-ring (bicyclic) bond motifs is 1. The zero-order valence-corrected chi connectivity index (χ0v) is 15.6. The number of halogens is 1. The maximum atomic E-state index is 10.7. The van der Waals surface area contributed by atoms with Gasteiger partial charge in [-0.15, -0.1) is 0 Å². The Morgan fingerprint density at radius 2 is 1.81 bits per heavy atom. The smallest absolute Gasteiger partial charge is 0.103 e. The molecule has 4 rings (SSSR count). The Balaban J connectivity index is 1.55. The highest BCUT2D eigenvalue weighted by molar-refractivity contribution is 6.30.